The first kappa shape index (κ1) is 18.6. The molecule has 3 aliphatic rings. The van der Waals surface area contributed by atoms with Crippen molar-refractivity contribution in [2.45, 2.75) is 70.4 Å². The molecule has 3 rings (SSSR count). The van der Waals surface area contributed by atoms with Crippen molar-refractivity contribution in [3.8, 4) is 0 Å². The number of morpholine rings is 1. The van der Waals surface area contributed by atoms with Crippen molar-refractivity contribution in [3.05, 3.63) is 0 Å². The van der Waals surface area contributed by atoms with Gasteiger partial charge in [0, 0.05) is 31.6 Å². The second kappa shape index (κ2) is 7.58. The van der Waals surface area contributed by atoms with E-state index in [9.17, 15) is 14.0 Å². The maximum absolute atomic E-state index is 14.1. The van der Waals surface area contributed by atoms with Crippen molar-refractivity contribution in [3.63, 3.8) is 0 Å². The van der Waals surface area contributed by atoms with Crippen molar-refractivity contribution in [2.24, 2.45) is 0 Å². The molecule has 0 N–H and O–H groups in total. The van der Waals surface area contributed by atoms with Crippen molar-refractivity contribution in [1.29, 1.82) is 0 Å². The summed E-state index contributed by atoms with van der Waals surface area (Å²) in [6, 6.07) is -0.314. The minimum atomic E-state index is -1.13. The van der Waals surface area contributed by atoms with Crippen LogP contribution in [0.15, 0.2) is 0 Å². The normalized spacial score (nSPS) is 35.2. The summed E-state index contributed by atoms with van der Waals surface area (Å²) in [5, 5.41) is 0. The summed E-state index contributed by atoms with van der Waals surface area (Å²) in [5.74, 6) is -0.251. The summed E-state index contributed by atoms with van der Waals surface area (Å²) in [6.45, 7) is 8.23. The third-order valence-electron chi connectivity index (χ3n) is 5.97. The zero-order valence-corrected chi connectivity index (χ0v) is 15.5. The molecule has 7 heteroatoms. The van der Waals surface area contributed by atoms with Crippen LogP contribution < -0.4 is 0 Å². The van der Waals surface area contributed by atoms with E-state index in [0.29, 0.717) is 38.4 Å². The van der Waals surface area contributed by atoms with Gasteiger partial charge < -0.3 is 14.5 Å². The Morgan fingerprint density at radius 2 is 1.72 bits per heavy atom. The summed E-state index contributed by atoms with van der Waals surface area (Å²) in [6.07, 6.45) is 1.13. The second-order valence-electron chi connectivity index (χ2n) is 7.68. The molecule has 6 nitrogen and oxygen atoms in total. The summed E-state index contributed by atoms with van der Waals surface area (Å²) in [4.78, 5) is 31.3. The number of likely N-dealkylation sites (tertiary alicyclic amines) is 2. The predicted molar refractivity (Wildman–Crippen MR) is 91.9 cm³/mol. The molecule has 0 saturated carbocycles. The highest BCUT2D eigenvalue weighted by Crippen LogP contribution is 2.29. The molecule has 3 unspecified atom stereocenters. The van der Waals surface area contributed by atoms with Crippen LogP contribution in [0.25, 0.3) is 0 Å². The van der Waals surface area contributed by atoms with Crippen LogP contribution in [0, 0.1) is 0 Å². The summed E-state index contributed by atoms with van der Waals surface area (Å²) >= 11 is 0. The molecular weight excluding hydrogens is 325 g/mol. The molecule has 142 valence electrons. The van der Waals surface area contributed by atoms with Crippen LogP contribution >= 0.6 is 0 Å². The first-order valence-electron chi connectivity index (χ1n) is 9.48. The van der Waals surface area contributed by atoms with Crippen LogP contribution in [0.1, 0.15) is 40.0 Å². The molecule has 0 aromatic carbocycles. The fourth-order valence-corrected chi connectivity index (χ4v) is 4.60. The first-order chi connectivity index (χ1) is 11.9. The van der Waals surface area contributed by atoms with Gasteiger partial charge >= 0.3 is 0 Å². The van der Waals surface area contributed by atoms with Crippen molar-refractivity contribution < 1.29 is 18.7 Å². The average molecular weight is 355 g/mol. The number of hydrogen-bond donors (Lipinski definition) is 0. The van der Waals surface area contributed by atoms with Gasteiger partial charge in [0.15, 0.2) is 0 Å². The zero-order chi connectivity index (χ0) is 18.1. The lowest BCUT2D eigenvalue weighted by atomic mass is 10.1. The van der Waals surface area contributed by atoms with Crippen molar-refractivity contribution >= 4 is 11.8 Å². The molecule has 2 amide bonds. The molecule has 25 heavy (non-hydrogen) atoms. The second-order valence-corrected chi connectivity index (χ2v) is 7.68. The van der Waals surface area contributed by atoms with Crippen molar-refractivity contribution in [2.75, 3.05) is 32.8 Å². The van der Waals surface area contributed by atoms with E-state index in [1.54, 1.807) is 4.90 Å². The zero-order valence-electron chi connectivity index (χ0n) is 15.5. The molecule has 3 saturated heterocycles. The molecule has 0 radical (unpaired) electrons. The van der Waals surface area contributed by atoms with E-state index in [-0.39, 0.29) is 30.8 Å². The largest absolute Gasteiger partial charge is 0.378 e. The van der Waals surface area contributed by atoms with Crippen LogP contribution in [-0.2, 0) is 14.3 Å². The average Bonchev–Trinajstić information content (AvgIpc) is 3.16. The fraction of sp³-hybridized carbons (Fsp3) is 0.889. The summed E-state index contributed by atoms with van der Waals surface area (Å²) in [7, 11) is 0. The van der Waals surface area contributed by atoms with E-state index in [1.807, 2.05) is 6.92 Å². The number of amides is 2. The minimum absolute atomic E-state index is 0.0283. The maximum atomic E-state index is 14.1. The lowest BCUT2D eigenvalue weighted by Gasteiger charge is -2.37. The Hall–Kier alpha value is -1.21. The van der Waals surface area contributed by atoms with Gasteiger partial charge in [-0.3, -0.25) is 14.5 Å². The number of carbonyl (C=O) groups is 2. The number of ether oxygens (including phenoxy) is 1. The number of halogens is 1. The monoisotopic (exact) mass is 355 g/mol. The SMILES string of the molecule is CC1CCC(C)N1C(C)C(=O)N1C[C@H](F)C[C@H]1C(=O)N1CCOCC1. The van der Waals surface area contributed by atoms with Crippen LogP contribution in [0.5, 0.6) is 0 Å². The highest BCUT2D eigenvalue weighted by Gasteiger charge is 2.45. The lowest BCUT2D eigenvalue weighted by molar-refractivity contribution is -0.149. The molecular formula is C18H30FN3O3. The Kier molecular flexibility index (Phi) is 5.63. The highest BCUT2D eigenvalue weighted by atomic mass is 19.1. The molecule has 0 spiro atoms. The summed E-state index contributed by atoms with van der Waals surface area (Å²) in [5.41, 5.74) is 0. The summed E-state index contributed by atoms with van der Waals surface area (Å²) < 4.78 is 19.4. The molecule has 0 aliphatic carbocycles. The van der Waals surface area contributed by atoms with Gasteiger partial charge in [0.05, 0.1) is 25.8 Å². The smallest absolute Gasteiger partial charge is 0.245 e. The molecule has 3 aliphatic heterocycles. The number of alkyl halides is 1. The van der Waals surface area contributed by atoms with Crippen LogP contribution in [0.2, 0.25) is 0 Å². The van der Waals surface area contributed by atoms with Crippen molar-refractivity contribution in [1.82, 2.24) is 14.7 Å². The molecule has 3 fully saturated rings. The number of hydrogen-bond acceptors (Lipinski definition) is 4. The molecule has 3 heterocycles. The molecule has 0 bridgehead atoms. The standard InChI is InChI=1S/C18H30FN3O3/c1-12-4-5-13(2)22(12)14(3)17(23)21-11-15(19)10-16(21)18(24)20-6-8-25-9-7-20/h12-16H,4-11H2,1-3H3/t12?,13?,14?,15-,16+/m1/s1. The van der Waals surface area contributed by atoms with Gasteiger partial charge in [0.2, 0.25) is 11.8 Å². The fourth-order valence-electron chi connectivity index (χ4n) is 4.60. The highest BCUT2D eigenvalue weighted by molar-refractivity contribution is 5.90. The molecule has 5 atom stereocenters. The Morgan fingerprint density at radius 3 is 2.32 bits per heavy atom. The Morgan fingerprint density at radius 1 is 1.12 bits per heavy atom. The lowest BCUT2D eigenvalue weighted by Crippen LogP contribution is -2.56. The Labute approximate surface area is 149 Å². The van der Waals surface area contributed by atoms with E-state index in [4.69, 9.17) is 4.74 Å². The minimum Gasteiger partial charge on any atom is -0.378 e. The quantitative estimate of drug-likeness (QED) is 0.759. The first-order valence-corrected chi connectivity index (χ1v) is 9.48. The van der Waals surface area contributed by atoms with E-state index < -0.39 is 12.2 Å². The van der Waals surface area contributed by atoms with Gasteiger partial charge in [-0.15, -0.1) is 0 Å². The Balaban J connectivity index is 1.72. The van der Waals surface area contributed by atoms with Gasteiger partial charge in [-0.25, -0.2) is 4.39 Å². The maximum Gasteiger partial charge on any atom is 0.245 e. The predicted octanol–water partition coefficient (Wildman–Crippen LogP) is 1.05. The van der Waals surface area contributed by atoms with Gasteiger partial charge in [-0.05, 0) is 33.6 Å². The number of nitrogens with zero attached hydrogens (tertiary/aromatic N) is 3. The van der Waals surface area contributed by atoms with Crippen LogP contribution in [0.3, 0.4) is 0 Å². The third kappa shape index (κ3) is 3.67. The number of rotatable bonds is 3. The van der Waals surface area contributed by atoms with E-state index >= 15 is 0 Å². The molecule has 0 aromatic heterocycles. The van der Waals surface area contributed by atoms with Gasteiger partial charge in [0.25, 0.3) is 0 Å². The van der Waals surface area contributed by atoms with E-state index in [1.165, 1.54) is 4.90 Å². The molecule has 0 aromatic rings. The van der Waals surface area contributed by atoms with Crippen LogP contribution in [-0.4, -0.2) is 89.7 Å². The van der Waals surface area contributed by atoms with Gasteiger partial charge in [-0.1, -0.05) is 0 Å². The van der Waals surface area contributed by atoms with Gasteiger partial charge in [-0.2, -0.15) is 0 Å². The van der Waals surface area contributed by atoms with E-state index in [0.717, 1.165) is 12.8 Å². The number of carbonyl (C=O) groups excluding carboxylic acids is 2. The van der Waals surface area contributed by atoms with E-state index in [2.05, 4.69) is 18.7 Å². The topological polar surface area (TPSA) is 53.1 Å². The Bertz CT molecular complexity index is 502. The van der Waals surface area contributed by atoms with Gasteiger partial charge in [0.1, 0.15) is 12.2 Å². The third-order valence-corrected chi connectivity index (χ3v) is 5.97. The van der Waals surface area contributed by atoms with Crippen LogP contribution in [0.4, 0.5) is 4.39 Å².